The fourth-order valence-electron chi connectivity index (χ4n) is 2.00. The molecule has 25 heavy (non-hydrogen) atoms. The maximum absolute atomic E-state index is 10.3. The summed E-state index contributed by atoms with van der Waals surface area (Å²) in [5.74, 6) is -0.832. The number of carboxylic acids is 1. The molecule has 0 radical (unpaired) electrons. The third-order valence-electron chi connectivity index (χ3n) is 3.41. The van der Waals surface area contributed by atoms with Crippen molar-refractivity contribution in [3.8, 4) is 0 Å². The summed E-state index contributed by atoms with van der Waals surface area (Å²) >= 11 is 0. The van der Waals surface area contributed by atoms with Crippen LogP contribution in [0.4, 0.5) is 0 Å². The topological polar surface area (TPSA) is 98.0 Å². The van der Waals surface area contributed by atoms with Crippen LogP contribution >= 0.6 is 0 Å². The van der Waals surface area contributed by atoms with Gasteiger partial charge in [-0.1, -0.05) is 68.4 Å². The minimum Gasteiger partial charge on any atom is -0.481 e. The predicted molar refractivity (Wildman–Crippen MR) is 100 cm³/mol. The minimum atomic E-state index is -0.891. The fourth-order valence-corrected chi connectivity index (χ4v) is 2.00. The number of hydrogen-bond donors (Lipinski definition) is 4. The fraction of sp³-hybridized carbons (Fsp3) is 0.550. The summed E-state index contributed by atoms with van der Waals surface area (Å²) in [6, 6.07) is 0. The summed E-state index contributed by atoms with van der Waals surface area (Å²) in [5, 5.41) is 37.7. The smallest absolute Gasteiger partial charge is 0.303 e. The Morgan fingerprint density at radius 1 is 0.760 bits per heavy atom. The molecule has 0 fully saturated rings. The zero-order valence-corrected chi connectivity index (χ0v) is 15.0. The van der Waals surface area contributed by atoms with E-state index in [4.69, 9.17) is 5.11 Å². The van der Waals surface area contributed by atoms with Gasteiger partial charge in [0, 0.05) is 6.42 Å². The molecule has 0 amide bonds. The van der Waals surface area contributed by atoms with E-state index in [1.54, 1.807) is 18.2 Å². The van der Waals surface area contributed by atoms with Crippen molar-refractivity contribution >= 4 is 5.97 Å². The number of carboxylic acid groups (broad SMARTS) is 1. The Bertz CT molecular complexity index is 451. The quantitative estimate of drug-likeness (QED) is 0.284. The highest BCUT2D eigenvalue weighted by Gasteiger charge is 1.98. The summed E-state index contributed by atoms with van der Waals surface area (Å²) in [6.45, 7) is 2.14. The molecule has 0 aromatic carbocycles. The minimum absolute atomic E-state index is 0.106. The van der Waals surface area contributed by atoms with Crippen molar-refractivity contribution in [1.29, 1.82) is 0 Å². The van der Waals surface area contributed by atoms with Gasteiger partial charge in [-0.2, -0.15) is 0 Å². The van der Waals surface area contributed by atoms with E-state index in [1.807, 2.05) is 6.08 Å². The van der Waals surface area contributed by atoms with Gasteiger partial charge in [0.15, 0.2) is 0 Å². The van der Waals surface area contributed by atoms with Crippen LogP contribution in [0, 0.1) is 0 Å². The maximum atomic E-state index is 10.3. The molecule has 0 aromatic heterocycles. The Morgan fingerprint density at radius 3 is 1.64 bits per heavy atom. The molecule has 3 unspecified atom stereocenters. The lowest BCUT2D eigenvalue weighted by Gasteiger charge is -2.02. The van der Waals surface area contributed by atoms with E-state index in [1.165, 1.54) is 30.7 Å². The summed E-state index contributed by atoms with van der Waals surface area (Å²) in [6.07, 6.45) is 15.9. The van der Waals surface area contributed by atoms with Crippen molar-refractivity contribution in [1.82, 2.24) is 0 Å². The molecule has 0 saturated heterocycles. The largest absolute Gasteiger partial charge is 0.481 e. The molecule has 0 aliphatic carbocycles. The number of aliphatic hydroxyl groups is 3. The Hall–Kier alpha value is -1.69. The SMILES string of the molecule is CCCCC/C=C\C(O)/C=C\C(O)/C=C\C(O)/C=C\CCCC(=O)O. The number of allylic oxidation sites excluding steroid dienone is 2. The second kappa shape index (κ2) is 15.8. The predicted octanol–water partition coefficient (Wildman–Crippen LogP) is 3.13. The van der Waals surface area contributed by atoms with E-state index < -0.39 is 24.3 Å². The van der Waals surface area contributed by atoms with E-state index >= 15 is 0 Å². The highest BCUT2D eigenvalue weighted by atomic mass is 16.4. The van der Waals surface area contributed by atoms with Gasteiger partial charge in [-0.3, -0.25) is 4.79 Å². The second-order valence-electron chi connectivity index (χ2n) is 5.88. The lowest BCUT2D eigenvalue weighted by molar-refractivity contribution is -0.137. The van der Waals surface area contributed by atoms with Crippen molar-refractivity contribution in [3.63, 3.8) is 0 Å². The molecule has 0 heterocycles. The average Bonchev–Trinajstić information content (AvgIpc) is 2.57. The number of aliphatic carboxylic acids is 1. The highest BCUT2D eigenvalue weighted by molar-refractivity contribution is 5.66. The third-order valence-corrected chi connectivity index (χ3v) is 3.41. The zero-order valence-electron chi connectivity index (χ0n) is 15.0. The number of carbonyl (C=O) groups is 1. The zero-order chi connectivity index (χ0) is 18.9. The van der Waals surface area contributed by atoms with Crippen LogP contribution < -0.4 is 0 Å². The molecular weight excluding hydrogens is 320 g/mol. The van der Waals surface area contributed by atoms with Gasteiger partial charge in [0.1, 0.15) is 0 Å². The lowest BCUT2D eigenvalue weighted by Crippen LogP contribution is -2.04. The molecule has 5 nitrogen and oxygen atoms in total. The monoisotopic (exact) mass is 352 g/mol. The van der Waals surface area contributed by atoms with Crippen LogP contribution in [0.1, 0.15) is 51.9 Å². The summed E-state index contributed by atoms with van der Waals surface area (Å²) in [7, 11) is 0. The van der Waals surface area contributed by atoms with Crippen LogP contribution in [-0.4, -0.2) is 44.7 Å². The van der Waals surface area contributed by atoms with Crippen molar-refractivity contribution in [2.75, 3.05) is 0 Å². The van der Waals surface area contributed by atoms with Gasteiger partial charge in [-0.05, 0) is 25.7 Å². The third kappa shape index (κ3) is 16.9. The van der Waals surface area contributed by atoms with E-state index in [9.17, 15) is 20.1 Å². The summed E-state index contributed by atoms with van der Waals surface area (Å²) < 4.78 is 0. The molecule has 0 aliphatic rings. The van der Waals surface area contributed by atoms with E-state index in [-0.39, 0.29) is 6.42 Å². The second-order valence-corrected chi connectivity index (χ2v) is 5.88. The molecule has 0 saturated carbocycles. The number of hydrogen-bond acceptors (Lipinski definition) is 4. The van der Waals surface area contributed by atoms with Crippen molar-refractivity contribution < 1.29 is 25.2 Å². The Labute approximate surface area is 150 Å². The van der Waals surface area contributed by atoms with Gasteiger partial charge in [0.2, 0.25) is 0 Å². The van der Waals surface area contributed by atoms with E-state index in [0.29, 0.717) is 12.8 Å². The van der Waals surface area contributed by atoms with Gasteiger partial charge in [-0.25, -0.2) is 0 Å². The first-order chi connectivity index (χ1) is 12.0. The first-order valence-corrected chi connectivity index (χ1v) is 8.91. The molecule has 0 aliphatic heterocycles. The molecular formula is C20H32O5. The molecule has 4 N–H and O–H groups in total. The first kappa shape index (κ1) is 23.3. The Balaban J connectivity index is 4.04. The molecule has 5 heteroatoms. The lowest BCUT2D eigenvalue weighted by atomic mass is 10.1. The normalized spacial score (nSPS) is 16.3. The van der Waals surface area contributed by atoms with Crippen LogP contribution in [0.15, 0.2) is 48.6 Å². The van der Waals surface area contributed by atoms with E-state index in [2.05, 4.69) is 6.92 Å². The standard InChI is InChI=1S/C20H32O5/c1-2-3-4-5-7-10-17(21)13-15-19(23)16-14-18(22)11-8-6-9-12-20(24)25/h7-8,10-11,13-19,21-23H,2-6,9,12H2,1H3,(H,24,25)/b10-7-,11-8-,15-13-,16-14-. The van der Waals surface area contributed by atoms with Crippen molar-refractivity contribution in [2.45, 2.75) is 70.2 Å². The summed E-state index contributed by atoms with van der Waals surface area (Å²) in [4.78, 5) is 10.3. The summed E-state index contributed by atoms with van der Waals surface area (Å²) in [5.41, 5.74) is 0. The van der Waals surface area contributed by atoms with Gasteiger partial charge < -0.3 is 20.4 Å². The van der Waals surface area contributed by atoms with Gasteiger partial charge >= 0.3 is 5.97 Å². The average molecular weight is 352 g/mol. The molecule has 142 valence electrons. The molecule has 0 bridgehead atoms. The Kier molecular flexibility index (Phi) is 14.7. The Morgan fingerprint density at radius 2 is 1.20 bits per heavy atom. The first-order valence-electron chi connectivity index (χ1n) is 8.91. The van der Waals surface area contributed by atoms with Crippen LogP contribution in [0.3, 0.4) is 0 Å². The molecule has 0 aromatic rings. The van der Waals surface area contributed by atoms with Crippen LogP contribution in [0.25, 0.3) is 0 Å². The number of aliphatic hydroxyl groups excluding tert-OH is 3. The van der Waals surface area contributed by atoms with Crippen LogP contribution in [0.2, 0.25) is 0 Å². The van der Waals surface area contributed by atoms with Gasteiger partial charge in [0.25, 0.3) is 0 Å². The van der Waals surface area contributed by atoms with Crippen molar-refractivity contribution in [3.05, 3.63) is 48.6 Å². The number of unbranched alkanes of at least 4 members (excludes halogenated alkanes) is 4. The van der Waals surface area contributed by atoms with Crippen molar-refractivity contribution in [2.24, 2.45) is 0 Å². The van der Waals surface area contributed by atoms with E-state index in [0.717, 1.165) is 19.3 Å². The highest BCUT2D eigenvalue weighted by Crippen LogP contribution is 2.02. The van der Waals surface area contributed by atoms with Gasteiger partial charge in [0.05, 0.1) is 18.3 Å². The van der Waals surface area contributed by atoms with Crippen LogP contribution in [-0.2, 0) is 4.79 Å². The molecule has 3 atom stereocenters. The molecule has 0 rings (SSSR count). The van der Waals surface area contributed by atoms with Gasteiger partial charge in [-0.15, -0.1) is 0 Å². The van der Waals surface area contributed by atoms with Crippen LogP contribution in [0.5, 0.6) is 0 Å². The number of rotatable bonds is 14. The maximum Gasteiger partial charge on any atom is 0.303 e. The molecule has 0 spiro atoms.